The van der Waals surface area contributed by atoms with Gasteiger partial charge in [0.1, 0.15) is 0 Å². The van der Waals surface area contributed by atoms with Crippen molar-refractivity contribution in [1.82, 2.24) is 4.90 Å². The van der Waals surface area contributed by atoms with Crippen LogP contribution in [-0.2, 0) is 15.4 Å². The summed E-state index contributed by atoms with van der Waals surface area (Å²) in [5, 5.41) is 0. The van der Waals surface area contributed by atoms with Crippen LogP contribution < -0.4 is 5.73 Å². The second-order valence-corrected chi connectivity index (χ2v) is 9.27. The number of hydrogen-bond donors (Lipinski definition) is 1. The molecular weight excluding hydrogens is 292 g/mol. The van der Waals surface area contributed by atoms with E-state index in [0.29, 0.717) is 12.5 Å². The zero-order valence-electron chi connectivity index (χ0n) is 14.1. The third-order valence-electron chi connectivity index (χ3n) is 4.17. The minimum absolute atomic E-state index is 0.412. The van der Waals surface area contributed by atoms with Gasteiger partial charge in [-0.1, -0.05) is 36.9 Å². The highest BCUT2D eigenvalue weighted by molar-refractivity contribution is 6.66. The maximum atomic E-state index is 5.94. The van der Waals surface area contributed by atoms with Crippen molar-refractivity contribution in [1.29, 1.82) is 0 Å². The Morgan fingerprint density at radius 2 is 1.91 bits per heavy atom. The molecule has 4 nitrogen and oxygen atoms in total. The molecule has 0 aliphatic rings. The zero-order valence-corrected chi connectivity index (χ0v) is 15.1. The first kappa shape index (κ1) is 18.9. The van der Waals surface area contributed by atoms with E-state index in [1.165, 1.54) is 5.56 Å². The Hall–Kier alpha value is -1.14. The molecule has 22 heavy (non-hydrogen) atoms. The van der Waals surface area contributed by atoms with E-state index in [0.717, 1.165) is 25.6 Å². The van der Waals surface area contributed by atoms with Gasteiger partial charge in [0.2, 0.25) is 0 Å². The molecule has 1 unspecified atom stereocenters. The summed E-state index contributed by atoms with van der Waals surface area (Å²) in [5.41, 5.74) is 7.23. The summed E-state index contributed by atoms with van der Waals surface area (Å²) in [7, 11) is 1.40. The third kappa shape index (κ3) is 6.32. The minimum Gasteiger partial charge on any atom is -0.398 e. The molecule has 2 N–H and O–H groups in total. The molecule has 0 aromatic heterocycles. The van der Waals surface area contributed by atoms with Crippen LogP contribution >= 0.6 is 0 Å². The quantitative estimate of drug-likeness (QED) is 0.636. The Bertz CT molecular complexity index is 424. The van der Waals surface area contributed by atoms with Crippen LogP contribution in [0.15, 0.2) is 43.1 Å². The molecule has 1 aromatic carbocycles. The molecule has 0 amide bonds. The lowest BCUT2D eigenvalue weighted by molar-refractivity contribution is 0.237. The van der Waals surface area contributed by atoms with Crippen molar-refractivity contribution in [2.45, 2.75) is 25.6 Å². The lowest BCUT2D eigenvalue weighted by Gasteiger charge is -2.29. The van der Waals surface area contributed by atoms with Crippen LogP contribution in [0.25, 0.3) is 0 Å². The molecule has 0 heterocycles. The van der Waals surface area contributed by atoms with Gasteiger partial charge in [-0.25, -0.2) is 0 Å². The second kappa shape index (κ2) is 9.79. The fourth-order valence-corrected chi connectivity index (χ4v) is 4.40. The van der Waals surface area contributed by atoms with Crippen molar-refractivity contribution < 1.29 is 8.85 Å². The van der Waals surface area contributed by atoms with E-state index in [2.05, 4.69) is 42.3 Å². The van der Waals surface area contributed by atoms with E-state index in [-0.39, 0.29) is 0 Å². The van der Waals surface area contributed by atoms with Crippen LogP contribution in [0.2, 0.25) is 12.6 Å². The predicted octanol–water partition coefficient (Wildman–Crippen LogP) is 2.96. The first-order valence-corrected chi connectivity index (χ1v) is 10.3. The topological polar surface area (TPSA) is 47.7 Å². The van der Waals surface area contributed by atoms with Gasteiger partial charge in [-0.2, -0.15) is 0 Å². The average molecular weight is 323 g/mol. The largest absolute Gasteiger partial charge is 0.398 e. The van der Waals surface area contributed by atoms with E-state index < -0.39 is 8.56 Å². The van der Waals surface area contributed by atoms with Gasteiger partial charge in [-0.05, 0) is 43.2 Å². The standard InChI is InChI=1S/C17H30N2O2Si/c1-5-19(14-16-9-7-6-8-10-16)12-11-17(13-18)15-22(4,20-2)21-3/h5-10,17H,1,11-15,18H2,2-4H3. The lowest BCUT2D eigenvalue weighted by atomic mass is 10.1. The Morgan fingerprint density at radius 1 is 1.27 bits per heavy atom. The molecule has 1 atom stereocenters. The summed E-state index contributed by atoms with van der Waals surface area (Å²) in [4.78, 5) is 2.23. The summed E-state index contributed by atoms with van der Waals surface area (Å²) >= 11 is 0. The van der Waals surface area contributed by atoms with Crippen LogP contribution in [0.3, 0.4) is 0 Å². The Balaban J connectivity index is 2.51. The molecule has 0 radical (unpaired) electrons. The van der Waals surface area contributed by atoms with Crippen molar-refractivity contribution in [3.63, 3.8) is 0 Å². The summed E-state index contributed by atoms with van der Waals surface area (Å²) in [6.45, 7) is 8.49. The fraction of sp³-hybridized carbons (Fsp3) is 0.529. The molecule has 124 valence electrons. The fourth-order valence-electron chi connectivity index (χ4n) is 2.48. The molecule has 0 saturated carbocycles. The van der Waals surface area contributed by atoms with E-state index in [9.17, 15) is 0 Å². The van der Waals surface area contributed by atoms with E-state index in [1.807, 2.05) is 12.3 Å². The van der Waals surface area contributed by atoms with Crippen LogP contribution in [0, 0.1) is 5.92 Å². The van der Waals surface area contributed by atoms with Crippen molar-refractivity contribution in [2.75, 3.05) is 27.3 Å². The van der Waals surface area contributed by atoms with Gasteiger partial charge in [-0.3, -0.25) is 0 Å². The normalized spacial score (nSPS) is 12.9. The van der Waals surface area contributed by atoms with Gasteiger partial charge < -0.3 is 19.5 Å². The van der Waals surface area contributed by atoms with Crippen molar-refractivity contribution in [2.24, 2.45) is 11.7 Å². The second-order valence-electron chi connectivity index (χ2n) is 5.78. The van der Waals surface area contributed by atoms with Crippen LogP contribution in [0.4, 0.5) is 0 Å². The predicted molar refractivity (Wildman–Crippen MR) is 94.7 cm³/mol. The molecule has 0 saturated heterocycles. The Labute approximate surface area is 136 Å². The average Bonchev–Trinajstić information content (AvgIpc) is 2.57. The molecule has 0 aliphatic carbocycles. The highest BCUT2D eigenvalue weighted by atomic mass is 28.4. The first-order valence-electron chi connectivity index (χ1n) is 7.77. The van der Waals surface area contributed by atoms with Crippen LogP contribution in [0.1, 0.15) is 12.0 Å². The van der Waals surface area contributed by atoms with E-state index in [4.69, 9.17) is 14.6 Å². The smallest absolute Gasteiger partial charge is 0.334 e. The van der Waals surface area contributed by atoms with Gasteiger partial charge in [0.25, 0.3) is 0 Å². The van der Waals surface area contributed by atoms with Crippen molar-refractivity contribution in [3.8, 4) is 0 Å². The molecule has 0 bridgehead atoms. The monoisotopic (exact) mass is 322 g/mol. The summed E-state index contributed by atoms with van der Waals surface area (Å²) < 4.78 is 11.2. The minimum atomic E-state index is -2.06. The first-order chi connectivity index (χ1) is 10.6. The number of hydrogen-bond acceptors (Lipinski definition) is 4. The molecule has 5 heteroatoms. The lowest BCUT2D eigenvalue weighted by Crippen LogP contribution is -2.40. The van der Waals surface area contributed by atoms with Gasteiger partial charge in [-0.15, -0.1) is 0 Å². The molecule has 0 spiro atoms. The maximum Gasteiger partial charge on any atom is 0.334 e. The third-order valence-corrected chi connectivity index (χ3v) is 7.21. The molecule has 0 aliphatic heterocycles. The highest BCUT2D eigenvalue weighted by Crippen LogP contribution is 2.21. The van der Waals surface area contributed by atoms with Gasteiger partial charge in [0.15, 0.2) is 0 Å². The molecular formula is C17H30N2O2Si. The number of benzene rings is 1. The number of rotatable bonds is 11. The number of nitrogens with two attached hydrogens (primary N) is 1. The van der Waals surface area contributed by atoms with Gasteiger partial charge >= 0.3 is 8.56 Å². The van der Waals surface area contributed by atoms with Crippen molar-refractivity contribution in [3.05, 3.63) is 48.7 Å². The Morgan fingerprint density at radius 3 is 2.41 bits per heavy atom. The summed E-state index contributed by atoms with van der Waals surface area (Å²) in [5.74, 6) is 0.412. The van der Waals surface area contributed by atoms with Gasteiger partial charge in [0, 0.05) is 27.3 Å². The highest BCUT2D eigenvalue weighted by Gasteiger charge is 2.32. The maximum absolute atomic E-state index is 5.94. The molecule has 0 fully saturated rings. The SMILES string of the molecule is C=CN(CCC(CN)C[Si](C)(OC)OC)Cc1ccccc1. The summed E-state index contributed by atoms with van der Waals surface area (Å²) in [6.07, 6.45) is 2.93. The van der Waals surface area contributed by atoms with Crippen LogP contribution in [0.5, 0.6) is 0 Å². The van der Waals surface area contributed by atoms with Gasteiger partial charge in [0.05, 0.1) is 0 Å². The molecule has 1 rings (SSSR count). The van der Waals surface area contributed by atoms with Crippen LogP contribution in [-0.4, -0.2) is 40.8 Å². The molecule has 1 aromatic rings. The van der Waals surface area contributed by atoms with E-state index >= 15 is 0 Å². The van der Waals surface area contributed by atoms with Crippen molar-refractivity contribution >= 4 is 8.56 Å². The van der Waals surface area contributed by atoms with E-state index in [1.54, 1.807) is 14.2 Å². The summed E-state index contributed by atoms with van der Waals surface area (Å²) in [6, 6.07) is 11.4. The number of nitrogens with zero attached hydrogens (tertiary/aromatic N) is 1. The zero-order chi connectivity index (χ0) is 16.4. The Kier molecular flexibility index (Phi) is 8.41.